The van der Waals surface area contributed by atoms with E-state index in [1.807, 2.05) is 11.4 Å². The molecule has 0 atom stereocenters. The van der Waals surface area contributed by atoms with E-state index in [1.165, 1.54) is 11.1 Å². The van der Waals surface area contributed by atoms with Crippen LogP contribution in [0.15, 0.2) is 39.0 Å². The summed E-state index contributed by atoms with van der Waals surface area (Å²) in [6.07, 6.45) is 1.19. The Morgan fingerprint density at radius 1 is 1.35 bits per heavy atom. The molecule has 1 aromatic carbocycles. The number of hydrogen-bond donors (Lipinski definition) is 1. The van der Waals surface area contributed by atoms with E-state index in [-0.39, 0.29) is 4.90 Å². The molecule has 1 aromatic heterocycles. The summed E-state index contributed by atoms with van der Waals surface area (Å²) in [5.74, 6) is 0. The number of thiophene rings is 1. The van der Waals surface area contributed by atoms with Crippen molar-refractivity contribution < 1.29 is 8.42 Å². The molecule has 20 heavy (non-hydrogen) atoms. The van der Waals surface area contributed by atoms with E-state index < -0.39 is 9.84 Å². The lowest BCUT2D eigenvalue weighted by Gasteiger charge is -2.10. The summed E-state index contributed by atoms with van der Waals surface area (Å²) in [4.78, 5) is 1.45. The van der Waals surface area contributed by atoms with Crippen molar-refractivity contribution in [1.29, 1.82) is 0 Å². The van der Waals surface area contributed by atoms with Crippen LogP contribution in [0.3, 0.4) is 0 Å². The molecule has 0 saturated heterocycles. The lowest BCUT2D eigenvalue weighted by atomic mass is 10.2. The summed E-state index contributed by atoms with van der Waals surface area (Å²) in [5, 5.41) is 5.70. The van der Waals surface area contributed by atoms with Crippen molar-refractivity contribution in [2.45, 2.75) is 18.0 Å². The quantitative estimate of drug-likeness (QED) is 0.837. The maximum atomic E-state index is 11.8. The molecule has 0 unspecified atom stereocenters. The second kappa shape index (κ2) is 6.58. The van der Waals surface area contributed by atoms with Crippen molar-refractivity contribution in [1.82, 2.24) is 5.32 Å². The van der Waals surface area contributed by atoms with Crippen molar-refractivity contribution in [3.8, 4) is 0 Å². The normalized spacial score (nSPS) is 11.8. The average molecular weight is 395 g/mol. The van der Waals surface area contributed by atoms with Gasteiger partial charge in [0.15, 0.2) is 9.84 Å². The molecule has 0 amide bonds. The second-order valence-electron chi connectivity index (χ2n) is 4.32. The van der Waals surface area contributed by atoms with Gasteiger partial charge in [0.2, 0.25) is 0 Å². The number of hydrogen-bond acceptors (Lipinski definition) is 4. The van der Waals surface area contributed by atoms with Crippen LogP contribution in [0, 0.1) is 0 Å². The monoisotopic (exact) mass is 393 g/mol. The van der Waals surface area contributed by atoms with Crippen LogP contribution in [0.5, 0.6) is 0 Å². The third kappa shape index (κ3) is 4.05. The lowest BCUT2D eigenvalue weighted by Crippen LogP contribution is -2.15. The van der Waals surface area contributed by atoms with Crippen LogP contribution in [0.4, 0.5) is 0 Å². The molecule has 0 aliphatic carbocycles. The number of sulfone groups is 1. The van der Waals surface area contributed by atoms with Gasteiger partial charge in [0.1, 0.15) is 0 Å². The predicted molar refractivity (Wildman–Crippen MR) is 87.1 cm³/mol. The minimum absolute atomic E-state index is 0.282. The van der Waals surface area contributed by atoms with Gasteiger partial charge in [-0.05, 0) is 34.1 Å². The highest BCUT2D eigenvalue weighted by atomic mass is 79.9. The van der Waals surface area contributed by atoms with Crippen LogP contribution in [0.2, 0.25) is 5.02 Å². The molecule has 0 bridgehead atoms. The summed E-state index contributed by atoms with van der Waals surface area (Å²) in [5.41, 5.74) is 0.618. The molecule has 0 spiro atoms. The fraction of sp³-hybridized carbons (Fsp3) is 0.231. The molecule has 2 aromatic rings. The highest BCUT2D eigenvalue weighted by molar-refractivity contribution is 9.10. The Bertz CT molecular complexity index is 713. The number of rotatable bonds is 5. The van der Waals surface area contributed by atoms with E-state index in [0.29, 0.717) is 23.7 Å². The Morgan fingerprint density at radius 2 is 2.10 bits per heavy atom. The molecule has 0 aliphatic rings. The van der Waals surface area contributed by atoms with E-state index in [0.717, 1.165) is 4.47 Å². The van der Waals surface area contributed by atoms with Crippen molar-refractivity contribution in [3.63, 3.8) is 0 Å². The number of benzene rings is 1. The van der Waals surface area contributed by atoms with Gasteiger partial charge < -0.3 is 5.32 Å². The highest BCUT2D eigenvalue weighted by Crippen LogP contribution is 2.24. The molecular formula is C13H13BrClNO2S2. The van der Waals surface area contributed by atoms with Crippen LogP contribution >= 0.6 is 38.9 Å². The van der Waals surface area contributed by atoms with Crippen LogP contribution in [-0.4, -0.2) is 14.7 Å². The minimum Gasteiger partial charge on any atom is -0.308 e. The van der Waals surface area contributed by atoms with Crippen LogP contribution in [0.1, 0.15) is 10.4 Å². The molecule has 2 rings (SSSR count). The molecule has 0 fully saturated rings. The highest BCUT2D eigenvalue weighted by Gasteiger charge is 2.15. The topological polar surface area (TPSA) is 46.2 Å². The van der Waals surface area contributed by atoms with Gasteiger partial charge in [0.05, 0.1) is 4.90 Å². The fourth-order valence-electron chi connectivity index (χ4n) is 1.82. The zero-order valence-corrected chi connectivity index (χ0v) is 14.7. The Balaban J connectivity index is 2.13. The molecule has 3 nitrogen and oxygen atoms in total. The molecule has 1 heterocycles. The third-order valence-electron chi connectivity index (χ3n) is 2.70. The zero-order chi connectivity index (χ0) is 14.8. The first-order valence-electron chi connectivity index (χ1n) is 5.79. The van der Waals surface area contributed by atoms with E-state index in [4.69, 9.17) is 11.6 Å². The Morgan fingerprint density at radius 3 is 2.70 bits per heavy atom. The lowest BCUT2D eigenvalue weighted by molar-refractivity contribution is 0.598. The number of halogens is 2. The van der Waals surface area contributed by atoms with Crippen molar-refractivity contribution >= 4 is 48.7 Å². The van der Waals surface area contributed by atoms with Crippen LogP contribution in [-0.2, 0) is 22.9 Å². The predicted octanol–water partition coefficient (Wildman–Crippen LogP) is 3.86. The van der Waals surface area contributed by atoms with Gasteiger partial charge in [0.25, 0.3) is 0 Å². The molecule has 0 saturated carbocycles. The third-order valence-corrected chi connectivity index (χ3v) is 5.93. The second-order valence-corrected chi connectivity index (χ2v) is 8.63. The largest absolute Gasteiger partial charge is 0.308 e. The van der Waals surface area contributed by atoms with Crippen LogP contribution < -0.4 is 5.32 Å². The zero-order valence-electron chi connectivity index (χ0n) is 10.7. The summed E-state index contributed by atoms with van der Waals surface area (Å²) in [7, 11) is -3.28. The van der Waals surface area contributed by atoms with Gasteiger partial charge in [-0.25, -0.2) is 8.42 Å². The number of nitrogens with one attached hydrogen (secondary N) is 1. The molecule has 1 N–H and O–H groups in total. The average Bonchev–Trinajstić information content (AvgIpc) is 2.76. The van der Waals surface area contributed by atoms with E-state index in [2.05, 4.69) is 21.2 Å². The molecule has 0 radical (unpaired) electrons. The smallest absolute Gasteiger partial charge is 0.175 e. The van der Waals surface area contributed by atoms with E-state index in [9.17, 15) is 8.42 Å². The van der Waals surface area contributed by atoms with Crippen molar-refractivity contribution in [2.75, 3.05) is 6.26 Å². The van der Waals surface area contributed by atoms with Gasteiger partial charge in [-0.1, -0.05) is 17.7 Å². The van der Waals surface area contributed by atoms with Gasteiger partial charge in [-0.3, -0.25) is 0 Å². The van der Waals surface area contributed by atoms with E-state index >= 15 is 0 Å². The SMILES string of the molecule is CS(=O)(=O)c1cccc(Cl)c1CNCc1cc(Br)cs1. The van der Waals surface area contributed by atoms with Crippen molar-refractivity contribution in [2.24, 2.45) is 0 Å². The maximum absolute atomic E-state index is 11.8. The minimum atomic E-state index is -3.28. The first kappa shape index (κ1) is 16.0. The maximum Gasteiger partial charge on any atom is 0.175 e. The molecular weight excluding hydrogens is 382 g/mol. The summed E-state index contributed by atoms with van der Waals surface area (Å²) >= 11 is 11.2. The Hall–Kier alpha value is -0.400. The fourth-order valence-corrected chi connectivity index (χ4v) is 4.49. The standard InChI is InChI=1S/C13H13BrClNO2S2/c1-20(17,18)13-4-2-3-12(15)11(13)7-16-6-10-5-9(14)8-19-10/h2-5,8,16H,6-7H2,1H3. The van der Waals surface area contributed by atoms with Crippen LogP contribution in [0.25, 0.3) is 0 Å². The van der Waals surface area contributed by atoms with Gasteiger partial charge in [-0.15, -0.1) is 11.3 Å². The first-order valence-corrected chi connectivity index (χ1v) is 9.73. The molecule has 108 valence electrons. The van der Waals surface area contributed by atoms with Gasteiger partial charge in [-0.2, -0.15) is 0 Å². The molecule has 7 heteroatoms. The van der Waals surface area contributed by atoms with Gasteiger partial charge >= 0.3 is 0 Å². The first-order chi connectivity index (χ1) is 9.38. The summed E-state index contributed by atoms with van der Waals surface area (Å²) < 4.78 is 24.6. The summed E-state index contributed by atoms with van der Waals surface area (Å²) in [6, 6.07) is 6.97. The summed E-state index contributed by atoms with van der Waals surface area (Å²) in [6.45, 7) is 1.09. The Kier molecular flexibility index (Phi) is 5.25. The van der Waals surface area contributed by atoms with E-state index in [1.54, 1.807) is 29.5 Å². The van der Waals surface area contributed by atoms with Crippen molar-refractivity contribution in [3.05, 3.63) is 49.6 Å². The van der Waals surface area contributed by atoms with Gasteiger partial charge in [0, 0.05) is 44.7 Å². The molecule has 0 aliphatic heterocycles. The Labute approximate surface area is 136 Å².